The number of hydrogen-bond acceptors (Lipinski definition) is 3. The Balaban J connectivity index is 1.86. The molecule has 3 rings (SSSR count). The van der Waals surface area contributed by atoms with Crippen LogP contribution in [0.1, 0.15) is 6.92 Å². The Kier molecular flexibility index (Phi) is 3.46. The fraction of sp³-hybridized carbons (Fsp3) is 0.125. The van der Waals surface area contributed by atoms with Crippen LogP contribution in [0.3, 0.4) is 0 Å². The van der Waals surface area contributed by atoms with Crippen LogP contribution in [-0.2, 0) is 0 Å². The molecule has 0 spiro atoms. The third-order valence-corrected chi connectivity index (χ3v) is 2.98. The lowest BCUT2D eigenvalue weighted by atomic mass is 10.1. The van der Waals surface area contributed by atoms with E-state index in [1.807, 2.05) is 67.7 Å². The molecule has 4 heteroatoms. The molecular weight excluding hydrogens is 250 g/mol. The Bertz CT molecular complexity index is 674. The van der Waals surface area contributed by atoms with Gasteiger partial charge >= 0.3 is 0 Å². The van der Waals surface area contributed by atoms with Gasteiger partial charge < -0.3 is 4.74 Å². The van der Waals surface area contributed by atoms with Crippen LogP contribution in [0.2, 0.25) is 0 Å². The van der Waals surface area contributed by atoms with Crippen molar-refractivity contribution in [3.63, 3.8) is 0 Å². The highest BCUT2D eigenvalue weighted by Gasteiger charge is 2.05. The predicted octanol–water partition coefficient (Wildman–Crippen LogP) is 3.33. The SMILES string of the molecule is CCOc1ccc(-c2cn(-c3ccccc3)nn2)cc1. The van der Waals surface area contributed by atoms with E-state index in [1.165, 1.54) is 0 Å². The van der Waals surface area contributed by atoms with Gasteiger partial charge in [-0.15, -0.1) is 5.10 Å². The second-order valence-electron chi connectivity index (χ2n) is 4.34. The van der Waals surface area contributed by atoms with Crippen LogP contribution in [0.25, 0.3) is 16.9 Å². The van der Waals surface area contributed by atoms with E-state index in [-0.39, 0.29) is 0 Å². The largest absolute Gasteiger partial charge is 0.494 e. The van der Waals surface area contributed by atoms with Gasteiger partial charge in [-0.1, -0.05) is 23.4 Å². The number of hydrogen-bond donors (Lipinski definition) is 0. The number of rotatable bonds is 4. The summed E-state index contributed by atoms with van der Waals surface area (Å²) in [6, 6.07) is 17.8. The molecule has 0 aliphatic rings. The molecule has 20 heavy (non-hydrogen) atoms. The summed E-state index contributed by atoms with van der Waals surface area (Å²) >= 11 is 0. The Morgan fingerprint density at radius 3 is 2.45 bits per heavy atom. The van der Waals surface area contributed by atoms with E-state index in [4.69, 9.17) is 4.74 Å². The molecule has 0 radical (unpaired) electrons. The fourth-order valence-electron chi connectivity index (χ4n) is 1.99. The van der Waals surface area contributed by atoms with Gasteiger partial charge in [0.1, 0.15) is 11.4 Å². The normalized spacial score (nSPS) is 10.4. The highest BCUT2D eigenvalue weighted by molar-refractivity contribution is 5.59. The maximum absolute atomic E-state index is 5.43. The summed E-state index contributed by atoms with van der Waals surface area (Å²) in [5.74, 6) is 0.867. The molecule has 1 aromatic heterocycles. The summed E-state index contributed by atoms with van der Waals surface area (Å²) in [5, 5.41) is 8.37. The first-order chi connectivity index (χ1) is 9.86. The minimum absolute atomic E-state index is 0.670. The van der Waals surface area contributed by atoms with Gasteiger partial charge in [-0.3, -0.25) is 0 Å². The number of para-hydroxylation sites is 1. The smallest absolute Gasteiger partial charge is 0.119 e. The van der Waals surface area contributed by atoms with Crippen LogP contribution >= 0.6 is 0 Å². The van der Waals surface area contributed by atoms with Crippen LogP contribution in [0.4, 0.5) is 0 Å². The average Bonchev–Trinajstić information content (AvgIpc) is 2.99. The lowest BCUT2D eigenvalue weighted by Gasteiger charge is -2.02. The van der Waals surface area contributed by atoms with Crippen molar-refractivity contribution < 1.29 is 4.74 Å². The second kappa shape index (κ2) is 5.57. The molecule has 3 aromatic rings. The standard InChI is InChI=1S/C16H15N3O/c1-2-20-15-10-8-13(9-11-15)16-12-19(18-17-16)14-6-4-3-5-7-14/h3-12H,2H2,1H3. The van der Waals surface area contributed by atoms with Crippen molar-refractivity contribution >= 4 is 0 Å². The second-order valence-corrected chi connectivity index (χ2v) is 4.34. The summed E-state index contributed by atoms with van der Waals surface area (Å²) in [5.41, 5.74) is 2.87. The average molecular weight is 265 g/mol. The van der Waals surface area contributed by atoms with E-state index in [0.717, 1.165) is 22.7 Å². The quantitative estimate of drug-likeness (QED) is 0.726. The molecule has 0 atom stereocenters. The first-order valence-electron chi connectivity index (χ1n) is 6.58. The van der Waals surface area contributed by atoms with Crippen LogP contribution in [0.15, 0.2) is 60.8 Å². The van der Waals surface area contributed by atoms with Crippen molar-refractivity contribution in [1.29, 1.82) is 0 Å². The monoisotopic (exact) mass is 265 g/mol. The molecule has 0 saturated carbocycles. The number of benzene rings is 2. The van der Waals surface area contributed by atoms with E-state index in [9.17, 15) is 0 Å². The third-order valence-electron chi connectivity index (χ3n) is 2.98. The van der Waals surface area contributed by atoms with Gasteiger partial charge in [-0.25, -0.2) is 4.68 Å². The van der Waals surface area contributed by atoms with Gasteiger partial charge in [0, 0.05) is 5.56 Å². The van der Waals surface area contributed by atoms with E-state index >= 15 is 0 Å². The van der Waals surface area contributed by atoms with Gasteiger partial charge in [0.25, 0.3) is 0 Å². The molecule has 4 nitrogen and oxygen atoms in total. The van der Waals surface area contributed by atoms with Gasteiger partial charge in [0.2, 0.25) is 0 Å². The molecule has 0 aliphatic carbocycles. The maximum Gasteiger partial charge on any atom is 0.119 e. The molecule has 2 aromatic carbocycles. The first-order valence-corrected chi connectivity index (χ1v) is 6.58. The van der Waals surface area contributed by atoms with Crippen LogP contribution in [-0.4, -0.2) is 21.6 Å². The summed E-state index contributed by atoms with van der Waals surface area (Å²) < 4.78 is 7.20. The molecular formula is C16H15N3O. The fourth-order valence-corrected chi connectivity index (χ4v) is 1.99. The number of nitrogens with zero attached hydrogens (tertiary/aromatic N) is 3. The van der Waals surface area contributed by atoms with E-state index in [0.29, 0.717) is 6.61 Å². The van der Waals surface area contributed by atoms with Gasteiger partial charge in [-0.05, 0) is 43.3 Å². The molecule has 0 N–H and O–H groups in total. The molecule has 100 valence electrons. The Labute approximate surface area is 117 Å². The van der Waals surface area contributed by atoms with Crippen molar-refractivity contribution in [1.82, 2.24) is 15.0 Å². The molecule has 0 amide bonds. The molecule has 0 saturated heterocycles. The number of aromatic nitrogens is 3. The Morgan fingerprint density at radius 1 is 1.00 bits per heavy atom. The topological polar surface area (TPSA) is 39.9 Å². The van der Waals surface area contributed by atoms with Crippen molar-refractivity contribution in [3.05, 3.63) is 60.8 Å². The Hall–Kier alpha value is -2.62. The van der Waals surface area contributed by atoms with Crippen molar-refractivity contribution in [2.75, 3.05) is 6.61 Å². The summed E-state index contributed by atoms with van der Waals surface area (Å²) in [6.45, 7) is 2.64. The van der Waals surface area contributed by atoms with Gasteiger partial charge in [-0.2, -0.15) is 0 Å². The predicted molar refractivity (Wildman–Crippen MR) is 78.0 cm³/mol. The first kappa shape index (κ1) is 12.4. The van der Waals surface area contributed by atoms with Crippen LogP contribution in [0, 0.1) is 0 Å². The molecule has 0 unspecified atom stereocenters. The van der Waals surface area contributed by atoms with E-state index < -0.39 is 0 Å². The number of ether oxygens (including phenoxy) is 1. The Morgan fingerprint density at radius 2 is 1.75 bits per heavy atom. The van der Waals surface area contributed by atoms with Crippen molar-refractivity contribution in [2.45, 2.75) is 6.92 Å². The van der Waals surface area contributed by atoms with Gasteiger partial charge in [0.05, 0.1) is 18.5 Å². The van der Waals surface area contributed by atoms with Crippen LogP contribution < -0.4 is 4.74 Å². The highest BCUT2D eigenvalue weighted by atomic mass is 16.5. The van der Waals surface area contributed by atoms with Gasteiger partial charge in [0.15, 0.2) is 0 Å². The summed E-state index contributed by atoms with van der Waals surface area (Å²) in [6.07, 6.45) is 1.92. The molecule has 0 bridgehead atoms. The lowest BCUT2D eigenvalue weighted by Crippen LogP contribution is -1.93. The molecule has 1 heterocycles. The van der Waals surface area contributed by atoms with Crippen molar-refractivity contribution in [2.24, 2.45) is 0 Å². The molecule has 0 aliphatic heterocycles. The zero-order valence-corrected chi connectivity index (χ0v) is 11.2. The highest BCUT2D eigenvalue weighted by Crippen LogP contribution is 2.21. The minimum atomic E-state index is 0.670. The molecule has 0 fully saturated rings. The lowest BCUT2D eigenvalue weighted by molar-refractivity contribution is 0.340. The minimum Gasteiger partial charge on any atom is -0.494 e. The van der Waals surface area contributed by atoms with E-state index in [2.05, 4.69) is 10.3 Å². The summed E-state index contributed by atoms with van der Waals surface area (Å²) in [4.78, 5) is 0. The summed E-state index contributed by atoms with van der Waals surface area (Å²) in [7, 11) is 0. The maximum atomic E-state index is 5.43. The van der Waals surface area contributed by atoms with Crippen LogP contribution in [0.5, 0.6) is 5.75 Å². The van der Waals surface area contributed by atoms with E-state index in [1.54, 1.807) is 4.68 Å². The van der Waals surface area contributed by atoms with Crippen molar-refractivity contribution in [3.8, 4) is 22.7 Å². The third kappa shape index (κ3) is 2.54. The zero-order valence-electron chi connectivity index (χ0n) is 11.2. The zero-order chi connectivity index (χ0) is 13.8.